The van der Waals surface area contributed by atoms with E-state index in [1.54, 1.807) is 18.4 Å². The summed E-state index contributed by atoms with van der Waals surface area (Å²) >= 11 is 0. The van der Waals surface area contributed by atoms with Gasteiger partial charge in [-0.25, -0.2) is 4.79 Å². The second-order valence-electron chi connectivity index (χ2n) is 4.68. The molecular weight excluding hydrogens is 292 g/mol. The Balaban J connectivity index is 2.68. The first kappa shape index (κ1) is 17.2. The van der Waals surface area contributed by atoms with Gasteiger partial charge in [0.25, 0.3) is 0 Å². The van der Waals surface area contributed by atoms with E-state index in [0.717, 1.165) is 5.56 Å². The summed E-state index contributed by atoms with van der Waals surface area (Å²) in [5.74, 6) is -0.579. The molecule has 0 aliphatic rings. The molecule has 2 amide bonds. The van der Waals surface area contributed by atoms with E-state index in [9.17, 15) is 13.8 Å². The van der Waals surface area contributed by atoms with Gasteiger partial charge < -0.3 is 10.4 Å². The van der Waals surface area contributed by atoms with Crippen LogP contribution in [0, 0.1) is 6.92 Å². The number of nitrogens with one attached hydrogen (secondary N) is 1. The van der Waals surface area contributed by atoms with Crippen LogP contribution in [-0.2, 0) is 15.6 Å². The third-order valence-electron chi connectivity index (χ3n) is 2.77. The number of anilines is 1. The van der Waals surface area contributed by atoms with Crippen molar-refractivity contribution in [1.82, 2.24) is 5.32 Å². The van der Waals surface area contributed by atoms with E-state index < -0.39 is 29.3 Å². The predicted octanol–water partition coefficient (Wildman–Crippen LogP) is 1.36. The molecule has 1 atom stereocenters. The zero-order valence-electron chi connectivity index (χ0n) is 12.2. The number of aryl methyl sites for hydroxylation is 1. The summed E-state index contributed by atoms with van der Waals surface area (Å²) in [6.07, 6.45) is 2.19. The van der Waals surface area contributed by atoms with Crippen LogP contribution in [0.3, 0.4) is 0 Å². The Morgan fingerprint density at radius 2 is 1.90 bits per heavy atom. The van der Waals surface area contributed by atoms with Gasteiger partial charge in [0.1, 0.15) is 6.54 Å². The van der Waals surface area contributed by atoms with Crippen LogP contribution in [0.1, 0.15) is 12.0 Å². The maximum Gasteiger partial charge on any atom is 0.323 e. The number of carbonyl (C=O) groups is 2. The lowest BCUT2D eigenvalue weighted by atomic mass is 10.2. The fourth-order valence-electron chi connectivity index (χ4n) is 1.71. The highest BCUT2D eigenvalue weighted by molar-refractivity contribution is 7.84. The number of benzene rings is 1. The average molecular weight is 312 g/mol. The predicted molar refractivity (Wildman–Crippen MR) is 83.1 cm³/mol. The van der Waals surface area contributed by atoms with E-state index in [-0.39, 0.29) is 0 Å². The van der Waals surface area contributed by atoms with Gasteiger partial charge in [-0.1, -0.05) is 17.7 Å². The van der Waals surface area contributed by atoms with Crippen molar-refractivity contribution in [2.24, 2.45) is 0 Å². The molecule has 0 bridgehead atoms. The number of amides is 2. The molecule has 0 heterocycles. The minimum atomic E-state index is -1.08. The summed E-state index contributed by atoms with van der Waals surface area (Å²) in [5, 5.41) is 11.6. The van der Waals surface area contributed by atoms with Gasteiger partial charge in [0, 0.05) is 35.0 Å². The van der Waals surface area contributed by atoms with Crippen molar-refractivity contribution >= 4 is 28.5 Å². The zero-order valence-corrected chi connectivity index (χ0v) is 13.0. The van der Waals surface area contributed by atoms with Gasteiger partial charge >= 0.3 is 12.0 Å². The van der Waals surface area contributed by atoms with Gasteiger partial charge in [-0.15, -0.1) is 0 Å². The number of carboxylic acid groups (broad SMARTS) is 1. The van der Waals surface area contributed by atoms with Crippen molar-refractivity contribution in [3.63, 3.8) is 0 Å². The number of carbonyl (C=O) groups excluding carboxylic acids is 1. The van der Waals surface area contributed by atoms with Crippen molar-refractivity contribution in [2.75, 3.05) is 30.0 Å². The quantitative estimate of drug-likeness (QED) is 0.744. The molecule has 116 valence electrons. The average Bonchev–Trinajstić information content (AvgIpc) is 2.41. The van der Waals surface area contributed by atoms with Gasteiger partial charge in [0.15, 0.2) is 0 Å². The van der Waals surface area contributed by atoms with Crippen molar-refractivity contribution in [1.29, 1.82) is 0 Å². The molecule has 0 saturated carbocycles. The third kappa shape index (κ3) is 6.40. The first-order valence-electron chi connectivity index (χ1n) is 6.54. The Morgan fingerprint density at radius 1 is 1.29 bits per heavy atom. The Kier molecular flexibility index (Phi) is 6.87. The van der Waals surface area contributed by atoms with Crippen LogP contribution < -0.4 is 10.2 Å². The summed E-state index contributed by atoms with van der Waals surface area (Å²) in [4.78, 5) is 24.2. The van der Waals surface area contributed by atoms with Crippen LogP contribution >= 0.6 is 0 Å². The number of aliphatic carboxylic acids is 1. The summed E-state index contributed by atoms with van der Waals surface area (Å²) in [6, 6.07) is 6.58. The number of hydrogen-bond donors (Lipinski definition) is 2. The molecule has 0 aliphatic heterocycles. The zero-order chi connectivity index (χ0) is 15.8. The molecule has 6 nitrogen and oxygen atoms in total. The molecule has 1 aromatic rings. The van der Waals surface area contributed by atoms with Gasteiger partial charge in [-0.3, -0.25) is 13.9 Å². The fourth-order valence-corrected chi connectivity index (χ4v) is 2.26. The Labute approximate surface area is 126 Å². The molecule has 0 spiro atoms. The van der Waals surface area contributed by atoms with Crippen LogP contribution in [0.5, 0.6) is 0 Å². The highest BCUT2D eigenvalue weighted by Crippen LogP contribution is 2.15. The van der Waals surface area contributed by atoms with Crippen LogP contribution in [0.15, 0.2) is 24.3 Å². The molecule has 0 radical (unpaired) electrons. The van der Waals surface area contributed by atoms with Crippen LogP contribution in [-0.4, -0.2) is 46.4 Å². The molecule has 0 saturated heterocycles. The van der Waals surface area contributed by atoms with Gasteiger partial charge in [-0.05, 0) is 25.5 Å². The summed E-state index contributed by atoms with van der Waals surface area (Å²) in [7, 11) is -0.898. The highest BCUT2D eigenvalue weighted by atomic mass is 32.2. The number of nitrogens with zero attached hydrogens (tertiary/aromatic N) is 1. The van der Waals surface area contributed by atoms with E-state index in [1.165, 1.54) is 4.90 Å². The minimum absolute atomic E-state index is 0.362. The van der Waals surface area contributed by atoms with Crippen LogP contribution in [0.25, 0.3) is 0 Å². The molecular formula is C14H20N2O4S. The maximum absolute atomic E-state index is 12.1. The topological polar surface area (TPSA) is 86.7 Å². The molecule has 2 N–H and O–H groups in total. The lowest BCUT2D eigenvalue weighted by molar-refractivity contribution is -0.135. The highest BCUT2D eigenvalue weighted by Gasteiger charge is 2.18. The molecule has 1 rings (SSSR count). The molecule has 0 fully saturated rings. The first-order chi connectivity index (χ1) is 9.90. The second-order valence-corrected chi connectivity index (χ2v) is 6.23. The second kappa shape index (κ2) is 8.41. The lowest BCUT2D eigenvalue weighted by Crippen LogP contribution is -2.43. The fraction of sp³-hybridized carbons (Fsp3) is 0.429. The molecule has 0 aliphatic carbocycles. The van der Waals surface area contributed by atoms with E-state index in [1.807, 2.05) is 19.1 Å². The summed E-state index contributed by atoms with van der Waals surface area (Å²) in [6.45, 7) is 1.87. The number of rotatable bonds is 7. The third-order valence-corrected chi connectivity index (χ3v) is 3.63. The van der Waals surface area contributed by atoms with Crippen molar-refractivity contribution in [2.45, 2.75) is 13.3 Å². The molecule has 0 aromatic heterocycles. The number of urea groups is 1. The minimum Gasteiger partial charge on any atom is -0.480 e. The smallest absolute Gasteiger partial charge is 0.323 e. The molecule has 1 unspecified atom stereocenters. The lowest BCUT2D eigenvalue weighted by Gasteiger charge is -2.21. The van der Waals surface area contributed by atoms with Crippen LogP contribution in [0.4, 0.5) is 10.5 Å². The van der Waals surface area contributed by atoms with E-state index in [4.69, 9.17) is 5.11 Å². The van der Waals surface area contributed by atoms with Crippen LogP contribution in [0.2, 0.25) is 0 Å². The molecule has 1 aromatic carbocycles. The monoisotopic (exact) mass is 312 g/mol. The van der Waals surface area contributed by atoms with Crippen molar-refractivity contribution < 1.29 is 18.9 Å². The Morgan fingerprint density at radius 3 is 2.43 bits per heavy atom. The standard InChI is InChI=1S/C14H20N2O4S/c1-11-4-6-12(7-5-11)16(10-13(17)18)14(19)15-8-3-9-21(2)20/h4-7H,3,8-10H2,1-2H3,(H,15,19)(H,17,18). The van der Waals surface area contributed by atoms with E-state index >= 15 is 0 Å². The first-order valence-corrected chi connectivity index (χ1v) is 8.26. The Hall–Kier alpha value is -1.89. The normalized spacial score (nSPS) is 11.7. The van der Waals surface area contributed by atoms with Gasteiger partial charge in [0.2, 0.25) is 0 Å². The van der Waals surface area contributed by atoms with Gasteiger partial charge in [-0.2, -0.15) is 0 Å². The maximum atomic E-state index is 12.1. The molecule has 21 heavy (non-hydrogen) atoms. The largest absolute Gasteiger partial charge is 0.480 e. The number of carboxylic acids is 1. The van der Waals surface area contributed by atoms with Crippen molar-refractivity contribution in [3.8, 4) is 0 Å². The van der Waals surface area contributed by atoms with Crippen molar-refractivity contribution in [3.05, 3.63) is 29.8 Å². The Bertz CT molecular complexity index is 516. The summed E-state index contributed by atoms with van der Waals surface area (Å²) < 4.78 is 10.9. The van der Waals surface area contributed by atoms with E-state index in [0.29, 0.717) is 24.4 Å². The van der Waals surface area contributed by atoms with Gasteiger partial charge in [0.05, 0.1) is 0 Å². The SMILES string of the molecule is Cc1ccc(N(CC(=O)O)C(=O)NCCCS(C)=O)cc1. The summed E-state index contributed by atoms with van der Waals surface area (Å²) in [5.41, 5.74) is 1.56. The molecule has 7 heteroatoms. The number of hydrogen-bond acceptors (Lipinski definition) is 3. The van der Waals surface area contributed by atoms with E-state index in [2.05, 4.69) is 5.32 Å².